The fourth-order valence-electron chi connectivity index (χ4n) is 5.29. The molecule has 230 valence electrons. The molecule has 43 heavy (non-hydrogen) atoms. The van der Waals surface area contributed by atoms with Crippen molar-refractivity contribution >= 4 is 23.6 Å². The van der Waals surface area contributed by atoms with Crippen LogP contribution in [0.25, 0.3) is 0 Å². The van der Waals surface area contributed by atoms with Crippen molar-refractivity contribution in [2.75, 3.05) is 13.0 Å². The van der Waals surface area contributed by atoms with Crippen LogP contribution in [0.5, 0.6) is 11.5 Å². The molecular formula is C33H40FN3O5S. The molecule has 3 atom stereocenters. The third-order valence-corrected chi connectivity index (χ3v) is 9.46. The van der Waals surface area contributed by atoms with Gasteiger partial charge in [-0.3, -0.25) is 9.59 Å². The minimum Gasteiger partial charge on any atom is -0.505 e. The summed E-state index contributed by atoms with van der Waals surface area (Å²) in [6.07, 6.45) is -1.20. The van der Waals surface area contributed by atoms with Gasteiger partial charge >= 0.3 is 0 Å². The van der Waals surface area contributed by atoms with E-state index < -0.39 is 40.4 Å². The monoisotopic (exact) mass is 609 g/mol. The molecule has 3 aromatic carbocycles. The second-order valence-corrected chi connectivity index (χ2v) is 13.0. The molecule has 0 aromatic heterocycles. The fraction of sp³-hybridized carbons (Fsp3) is 0.394. The van der Waals surface area contributed by atoms with Crippen molar-refractivity contribution in [3.8, 4) is 11.5 Å². The quantitative estimate of drug-likeness (QED) is 0.258. The maximum Gasteiger partial charge on any atom is 0.254 e. The van der Waals surface area contributed by atoms with Crippen LogP contribution >= 0.6 is 11.8 Å². The summed E-state index contributed by atoms with van der Waals surface area (Å²) >= 11 is 1.49. The molecule has 8 nitrogen and oxygen atoms in total. The van der Waals surface area contributed by atoms with Crippen LogP contribution in [0.1, 0.15) is 41.7 Å². The van der Waals surface area contributed by atoms with Crippen LogP contribution in [0.2, 0.25) is 0 Å². The number of thioether (sulfide) groups is 1. The Labute approximate surface area is 256 Å². The Balaban J connectivity index is 1.55. The predicted octanol–water partition coefficient (Wildman–Crippen LogP) is 4.22. The van der Waals surface area contributed by atoms with Gasteiger partial charge < -0.3 is 30.5 Å². The number of aryl methyl sites for hydroxylation is 1. The number of phenols is 1. The van der Waals surface area contributed by atoms with E-state index in [1.165, 1.54) is 22.7 Å². The molecular weight excluding hydrogens is 569 g/mol. The number of aliphatic hydroxyl groups is 1. The summed E-state index contributed by atoms with van der Waals surface area (Å²) in [5.41, 5.74) is 3.91. The topological polar surface area (TPSA) is 111 Å². The van der Waals surface area contributed by atoms with Crippen LogP contribution in [0.4, 0.5) is 4.39 Å². The summed E-state index contributed by atoms with van der Waals surface area (Å²) in [6.45, 7) is 7.94. The number of aromatic hydroxyl groups is 1. The van der Waals surface area contributed by atoms with Gasteiger partial charge in [-0.25, -0.2) is 4.39 Å². The lowest BCUT2D eigenvalue weighted by Crippen LogP contribution is -2.58. The summed E-state index contributed by atoms with van der Waals surface area (Å²) < 4.78 is 18.5. The summed E-state index contributed by atoms with van der Waals surface area (Å²) in [5.74, 6) is -1.05. The van der Waals surface area contributed by atoms with Crippen LogP contribution in [-0.2, 0) is 29.1 Å². The van der Waals surface area contributed by atoms with Gasteiger partial charge in [0.25, 0.3) is 5.91 Å². The Morgan fingerprint density at radius 3 is 2.44 bits per heavy atom. The number of aliphatic hydroxyl groups excluding tert-OH is 1. The number of carbonyl (C=O) groups is 2. The van der Waals surface area contributed by atoms with E-state index in [-0.39, 0.29) is 24.7 Å². The Kier molecular flexibility index (Phi) is 10.4. The van der Waals surface area contributed by atoms with E-state index in [1.54, 1.807) is 32.2 Å². The minimum atomic E-state index is -1.49. The van der Waals surface area contributed by atoms with E-state index in [1.807, 2.05) is 57.2 Å². The van der Waals surface area contributed by atoms with E-state index in [2.05, 4.69) is 10.6 Å². The number of rotatable bonds is 11. The van der Waals surface area contributed by atoms with Gasteiger partial charge in [-0.2, -0.15) is 0 Å². The predicted molar refractivity (Wildman–Crippen MR) is 166 cm³/mol. The van der Waals surface area contributed by atoms with Crippen LogP contribution in [0, 0.1) is 19.7 Å². The molecule has 4 N–H and O–H groups in total. The van der Waals surface area contributed by atoms with Crippen molar-refractivity contribution in [2.45, 2.75) is 70.1 Å². The third kappa shape index (κ3) is 7.49. The van der Waals surface area contributed by atoms with Crippen molar-refractivity contribution in [3.05, 3.63) is 94.3 Å². The highest BCUT2D eigenvalue weighted by atomic mass is 32.2. The highest BCUT2D eigenvalue weighted by Gasteiger charge is 2.49. The number of carbonyl (C=O) groups excluding carboxylic acids is 2. The second-order valence-electron chi connectivity index (χ2n) is 11.4. The highest BCUT2D eigenvalue weighted by Crippen LogP contribution is 2.40. The lowest BCUT2D eigenvalue weighted by Gasteiger charge is -2.33. The summed E-state index contributed by atoms with van der Waals surface area (Å²) in [6, 6.07) is 16.3. The number of hydrogen-bond acceptors (Lipinski definition) is 7. The van der Waals surface area contributed by atoms with Crippen molar-refractivity contribution in [3.63, 3.8) is 0 Å². The van der Waals surface area contributed by atoms with Gasteiger partial charge in [-0.15, -0.1) is 11.8 Å². The van der Waals surface area contributed by atoms with Gasteiger partial charge in [0.1, 0.15) is 17.9 Å². The SMILES string of the molecule is COc1ccc(C[C@H](NCc2ccc(F)c(O)c2C)[C@H](O)C(=O)N2CSC(C)(C)[C@H]2C(=O)NCc2ccccc2C)cc1. The van der Waals surface area contributed by atoms with E-state index in [9.17, 15) is 24.2 Å². The molecule has 0 radical (unpaired) electrons. The van der Waals surface area contributed by atoms with Gasteiger partial charge in [0.15, 0.2) is 11.6 Å². The molecule has 10 heteroatoms. The zero-order valence-electron chi connectivity index (χ0n) is 25.2. The van der Waals surface area contributed by atoms with Crippen molar-refractivity contribution in [1.29, 1.82) is 0 Å². The molecule has 0 spiro atoms. The lowest BCUT2D eigenvalue weighted by molar-refractivity contribution is -0.147. The number of hydrogen-bond donors (Lipinski definition) is 4. The van der Waals surface area contributed by atoms with Crippen LogP contribution in [0.3, 0.4) is 0 Å². The minimum absolute atomic E-state index is 0.172. The van der Waals surface area contributed by atoms with Gasteiger partial charge in [0.2, 0.25) is 5.91 Å². The Morgan fingerprint density at radius 2 is 1.77 bits per heavy atom. The molecule has 0 unspecified atom stereocenters. The van der Waals surface area contributed by atoms with Crippen LogP contribution in [-0.4, -0.2) is 62.8 Å². The molecule has 1 fully saturated rings. The Hall–Kier alpha value is -3.60. The molecule has 4 rings (SSSR count). The average molecular weight is 610 g/mol. The number of ether oxygens (including phenoxy) is 1. The zero-order valence-corrected chi connectivity index (χ0v) is 26.0. The Morgan fingerprint density at radius 1 is 1.07 bits per heavy atom. The average Bonchev–Trinajstić information content (AvgIpc) is 3.32. The van der Waals surface area contributed by atoms with E-state index in [0.29, 0.717) is 23.4 Å². The fourth-order valence-corrected chi connectivity index (χ4v) is 6.43. The first-order valence-corrected chi connectivity index (χ1v) is 15.2. The maximum atomic E-state index is 13.9. The van der Waals surface area contributed by atoms with Gasteiger partial charge in [-0.05, 0) is 80.1 Å². The van der Waals surface area contributed by atoms with Gasteiger partial charge in [-0.1, -0.05) is 42.5 Å². The molecule has 1 saturated heterocycles. The lowest BCUT2D eigenvalue weighted by atomic mass is 9.96. The largest absolute Gasteiger partial charge is 0.505 e. The van der Waals surface area contributed by atoms with E-state index in [4.69, 9.17) is 4.74 Å². The number of nitrogens with one attached hydrogen (secondary N) is 2. The van der Waals surface area contributed by atoms with Crippen LogP contribution < -0.4 is 15.4 Å². The first-order chi connectivity index (χ1) is 20.4. The van der Waals surface area contributed by atoms with Crippen molar-refractivity contribution in [2.24, 2.45) is 0 Å². The first-order valence-electron chi connectivity index (χ1n) is 14.2. The number of amides is 2. The van der Waals surface area contributed by atoms with Crippen molar-refractivity contribution in [1.82, 2.24) is 15.5 Å². The number of phenolic OH excluding ortho intramolecular Hbond substituents is 1. The molecule has 1 aliphatic heterocycles. The summed E-state index contributed by atoms with van der Waals surface area (Å²) in [7, 11) is 1.57. The molecule has 1 aliphatic rings. The van der Waals surface area contributed by atoms with E-state index in [0.717, 1.165) is 16.7 Å². The summed E-state index contributed by atoms with van der Waals surface area (Å²) in [5, 5.41) is 27.9. The second kappa shape index (κ2) is 13.8. The maximum absolute atomic E-state index is 13.9. The van der Waals surface area contributed by atoms with Gasteiger partial charge in [0, 0.05) is 23.9 Å². The molecule has 0 saturated carbocycles. The van der Waals surface area contributed by atoms with Crippen LogP contribution in [0.15, 0.2) is 60.7 Å². The van der Waals surface area contributed by atoms with Crippen molar-refractivity contribution < 1.29 is 28.9 Å². The van der Waals surface area contributed by atoms with E-state index >= 15 is 0 Å². The number of nitrogens with zero attached hydrogens (tertiary/aromatic N) is 1. The molecule has 0 bridgehead atoms. The number of halogens is 1. The summed E-state index contributed by atoms with van der Waals surface area (Å²) in [4.78, 5) is 28.9. The highest BCUT2D eigenvalue weighted by molar-refractivity contribution is 8.00. The number of benzene rings is 3. The molecule has 1 heterocycles. The van der Waals surface area contributed by atoms with Gasteiger partial charge in [0.05, 0.1) is 13.0 Å². The number of methoxy groups -OCH3 is 1. The molecule has 0 aliphatic carbocycles. The smallest absolute Gasteiger partial charge is 0.254 e. The standard InChI is InChI=1S/C33H40FN3O5S/c1-20-8-6-7-9-23(20)17-36-31(40)30-33(3,4)43-19-37(30)32(41)29(39)27(16-22-10-13-25(42-5)14-11-22)35-18-24-12-15-26(34)28(38)21(24)2/h6-15,27,29-30,35,38-39H,16-19H2,1-5H3,(H,36,40)/t27-,29-,30+/m0/s1. The Bertz CT molecular complexity index is 1450. The zero-order chi connectivity index (χ0) is 31.3. The molecule has 2 amide bonds. The normalized spacial score (nSPS) is 17.4. The molecule has 3 aromatic rings. The third-order valence-electron chi connectivity index (χ3n) is 8.09. The first kappa shape index (κ1) is 32.3.